The number of hydrogen-bond donors (Lipinski definition) is 4. The Hall–Kier alpha value is -1.73. The molecule has 0 heterocycles. The number of nitrogens with one attached hydrogen (secondary N) is 1. The monoisotopic (exact) mass is 383 g/mol. The van der Waals surface area contributed by atoms with Gasteiger partial charge >= 0.3 is 0 Å². The highest BCUT2D eigenvalue weighted by Gasteiger charge is 2.22. The molecule has 0 fully saturated rings. The quantitative estimate of drug-likeness (QED) is 0.154. The van der Waals surface area contributed by atoms with Gasteiger partial charge in [0, 0.05) is 16.7 Å². The molecule has 7 heteroatoms. The summed E-state index contributed by atoms with van der Waals surface area (Å²) in [4.78, 5) is 22.8. The average molecular weight is 384 g/mol. The Balaban J connectivity index is 2.59. The second-order valence-electron chi connectivity index (χ2n) is 6.76. The van der Waals surface area contributed by atoms with Gasteiger partial charge in [-0.25, -0.2) is 5.48 Å². The van der Waals surface area contributed by atoms with Gasteiger partial charge in [0.25, 0.3) is 0 Å². The van der Waals surface area contributed by atoms with Crippen LogP contribution >= 0.6 is 12.6 Å². The van der Waals surface area contributed by atoms with Crippen LogP contribution in [0.1, 0.15) is 68.8 Å². The van der Waals surface area contributed by atoms with E-state index < -0.39 is 10.7 Å². The van der Waals surface area contributed by atoms with Gasteiger partial charge in [0.2, 0.25) is 5.91 Å². The first-order chi connectivity index (χ1) is 12.2. The lowest BCUT2D eigenvalue weighted by Gasteiger charge is -2.22. The zero-order chi connectivity index (χ0) is 19.7. The Morgan fingerprint density at radius 2 is 2.00 bits per heavy atom. The minimum Gasteiger partial charge on any atom is -0.507 e. The smallest absolute Gasteiger partial charge is 0.244 e. The Morgan fingerprint density at radius 1 is 1.31 bits per heavy atom. The number of carbonyl (C=O) groups is 2. The van der Waals surface area contributed by atoms with E-state index in [2.05, 4.69) is 12.6 Å². The molecule has 0 saturated heterocycles. The van der Waals surface area contributed by atoms with Crippen molar-refractivity contribution in [3.05, 3.63) is 23.3 Å². The molecule has 0 aliphatic carbocycles. The first-order valence-electron chi connectivity index (χ1n) is 8.85. The molecule has 1 atom stereocenters. The van der Waals surface area contributed by atoms with Gasteiger partial charge in [-0.1, -0.05) is 20.3 Å². The van der Waals surface area contributed by atoms with Gasteiger partial charge in [-0.2, -0.15) is 12.6 Å². The fourth-order valence-corrected chi connectivity index (χ4v) is 3.09. The van der Waals surface area contributed by atoms with Crippen molar-refractivity contribution in [1.29, 1.82) is 0 Å². The lowest BCUT2D eigenvalue weighted by atomic mass is 9.99. The topological polar surface area (TPSA) is 95.9 Å². The average Bonchev–Trinajstić information content (AvgIpc) is 2.56. The number of Topliss-reactive ketones (excluding diaryl/α,β-unsaturated/α-hetero) is 1. The summed E-state index contributed by atoms with van der Waals surface area (Å²) in [5.74, 6) is -0.0205. The number of rotatable bonds is 11. The Morgan fingerprint density at radius 3 is 2.58 bits per heavy atom. The van der Waals surface area contributed by atoms with Crippen LogP contribution in [0, 0.1) is 0 Å². The molecule has 3 N–H and O–H groups in total. The zero-order valence-electron chi connectivity index (χ0n) is 15.7. The maximum atomic E-state index is 11.6. The summed E-state index contributed by atoms with van der Waals surface area (Å²) in [6.07, 6.45) is 3.86. The molecule has 0 radical (unpaired) electrons. The predicted molar refractivity (Wildman–Crippen MR) is 103 cm³/mol. The molecule has 1 unspecified atom stereocenters. The summed E-state index contributed by atoms with van der Waals surface area (Å²) in [6.45, 7) is 5.74. The van der Waals surface area contributed by atoms with Crippen molar-refractivity contribution in [3.63, 3.8) is 0 Å². The Bertz CT molecular complexity index is 631. The second kappa shape index (κ2) is 10.4. The lowest BCUT2D eigenvalue weighted by molar-refractivity contribution is -0.129. The summed E-state index contributed by atoms with van der Waals surface area (Å²) in [6, 6.07) is 3.32. The number of phenols is 1. The molecule has 0 aliphatic rings. The number of hydroxylamine groups is 1. The highest BCUT2D eigenvalue weighted by Crippen LogP contribution is 2.33. The number of aromatic hydroxyl groups is 1. The number of amides is 1. The van der Waals surface area contributed by atoms with Crippen molar-refractivity contribution in [2.75, 3.05) is 6.61 Å². The van der Waals surface area contributed by atoms with Crippen molar-refractivity contribution in [2.24, 2.45) is 0 Å². The number of unbranched alkanes of at least 4 members (excludes halogenated alkanes) is 1. The minimum atomic E-state index is -0.498. The molecule has 1 aromatic rings. The van der Waals surface area contributed by atoms with E-state index >= 15 is 0 Å². The van der Waals surface area contributed by atoms with Gasteiger partial charge in [0.05, 0.1) is 12.2 Å². The van der Waals surface area contributed by atoms with Crippen LogP contribution in [-0.2, 0) is 11.2 Å². The first-order valence-corrected chi connectivity index (χ1v) is 9.30. The molecule has 6 nitrogen and oxygen atoms in total. The van der Waals surface area contributed by atoms with Crippen LogP contribution in [0.2, 0.25) is 0 Å². The Labute approximate surface area is 160 Å². The Kier molecular flexibility index (Phi) is 8.95. The molecule has 0 aliphatic heterocycles. The van der Waals surface area contributed by atoms with Crippen molar-refractivity contribution < 1.29 is 24.6 Å². The molecule has 0 saturated carbocycles. The number of carbonyl (C=O) groups excluding carboxylic acids is 2. The molecule has 26 heavy (non-hydrogen) atoms. The van der Waals surface area contributed by atoms with Gasteiger partial charge in [-0.3, -0.25) is 14.8 Å². The van der Waals surface area contributed by atoms with Crippen molar-refractivity contribution in [1.82, 2.24) is 5.48 Å². The number of ketones is 1. The van der Waals surface area contributed by atoms with Crippen LogP contribution in [0.3, 0.4) is 0 Å². The van der Waals surface area contributed by atoms with E-state index in [1.165, 1.54) is 6.92 Å². The van der Waals surface area contributed by atoms with E-state index in [1.807, 2.05) is 13.8 Å². The maximum Gasteiger partial charge on any atom is 0.244 e. The minimum absolute atomic E-state index is 0.00907. The van der Waals surface area contributed by atoms with E-state index in [9.17, 15) is 14.7 Å². The normalized spacial score (nSPS) is 13.1. The molecule has 0 bridgehead atoms. The van der Waals surface area contributed by atoms with Crippen molar-refractivity contribution in [2.45, 2.75) is 64.0 Å². The lowest BCUT2D eigenvalue weighted by Crippen LogP contribution is -2.29. The third-order valence-electron chi connectivity index (χ3n) is 4.15. The number of benzene rings is 1. The SMILES string of the molecule is CCCc1c(OCCCCC(C)(S)CC(=O)NO)ccc(C(C)=O)c1O. The predicted octanol–water partition coefficient (Wildman–Crippen LogP) is 3.68. The van der Waals surface area contributed by atoms with Gasteiger partial charge in [0.1, 0.15) is 11.5 Å². The summed E-state index contributed by atoms with van der Waals surface area (Å²) < 4.78 is 5.31. The van der Waals surface area contributed by atoms with Crippen LogP contribution in [0.4, 0.5) is 0 Å². The maximum absolute atomic E-state index is 11.6. The molecule has 1 amide bonds. The third kappa shape index (κ3) is 6.88. The molecule has 1 rings (SSSR count). The van der Waals surface area contributed by atoms with Crippen LogP contribution in [0.5, 0.6) is 11.5 Å². The molecule has 1 aromatic carbocycles. The van der Waals surface area contributed by atoms with Crippen LogP contribution < -0.4 is 10.2 Å². The standard InChI is InChI=1S/C19H29NO5S/c1-4-7-15-16(9-8-14(13(2)21)18(15)23)25-11-6-5-10-19(3,26)12-17(22)20-24/h8-9,23-24,26H,4-7,10-12H2,1-3H3,(H,20,22). The highest BCUT2D eigenvalue weighted by molar-refractivity contribution is 7.81. The van der Waals surface area contributed by atoms with Crippen LogP contribution in [0.15, 0.2) is 12.1 Å². The number of hydrogen-bond acceptors (Lipinski definition) is 6. The molecule has 0 aromatic heterocycles. The number of ether oxygens (including phenoxy) is 1. The zero-order valence-corrected chi connectivity index (χ0v) is 16.6. The van der Waals surface area contributed by atoms with Crippen LogP contribution in [0.25, 0.3) is 0 Å². The van der Waals surface area contributed by atoms with E-state index in [4.69, 9.17) is 9.94 Å². The van der Waals surface area contributed by atoms with Gasteiger partial charge < -0.3 is 9.84 Å². The van der Waals surface area contributed by atoms with E-state index in [0.29, 0.717) is 36.3 Å². The van der Waals surface area contributed by atoms with Crippen molar-refractivity contribution >= 4 is 24.3 Å². The highest BCUT2D eigenvalue weighted by atomic mass is 32.1. The first kappa shape index (κ1) is 22.3. The van der Waals surface area contributed by atoms with Crippen molar-refractivity contribution in [3.8, 4) is 11.5 Å². The third-order valence-corrected chi connectivity index (χ3v) is 4.53. The number of thiol groups is 1. The second-order valence-corrected chi connectivity index (χ2v) is 7.84. The summed E-state index contributed by atoms with van der Waals surface area (Å²) in [7, 11) is 0. The van der Waals surface area contributed by atoms with Crippen LogP contribution in [-0.4, -0.2) is 33.4 Å². The van der Waals surface area contributed by atoms with Gasteiger partial charge in [-0.05, 0) is 44.7 Å². The molecular weight excluding hydrogens is 354 g/mol. The summed E-state index contributed by atoms with van der Waals surface area (Å²) in [5.41, 5.74) is 2.60. The molecular formula is C19H29NO5S. The fourth-order valence-electron chi connectivity index (χ4n) is 2.79. The van der Waals surface area contributed by atoms with Gasteiger partial charge in [-0.15, -0.1) is 0 Å². The summed E-state index contributed by atoms with van der Waals surface area (Å²) >= 11 is 4.46. The van der Waals surface area contributed by atoms with Gasteiger partial charge in [0.15, 0.2) is 5.78 Å². The molecule has 146 valence electrons. The van der Waals surface area contributed by atoms with E-state index in [0.717, 1.165) is 19.3 Å². The van der Waals surface area contributed by atoms with E-state index in [-0.39, 0.29) is 18.0 Å². The number of phenolic OH excluding ortho intramolecular Hbond substituents is 1. The largest absolute Gasteiger partial charge is 0.507 e. The fraction of sp³-hybridized carbons (Fsp3) is 0.579. The molecule has 0 spiro atoms. The summed E-state index contributed by atoms with van der Waals surface area (Å²) in [5, 5.41) is 18.9. The van der Waals surface area contributed by atoms with E-state index in [1.54, 1.807) is 17.6 Å².